The van der Waals surface area contributed by atoms with Crippen LogP contribution in [0.1, 0.15) is 62.3 Å². The van der Waals surface area contributed by atoms with Gasteiger partial charge in [-0.25, -0.2) is 9.18 Å². The van der Waals surface area contributed by atoms with E-state index in [1.165, 1.54) is 23.1 Å². The van der Waals surface area contributed by atoms with Crippen LogP contribution in [0.25, 0.3) is 0 Å². The predicted molar refractivity (Wildman–Crippen MR) is 135 cm³/mol. The molecule has 0 aliphatic carbocycles. The quantitative estimate of drug-likeness (QED) is 0.479. The third kappa shape index (κ3) is 6.83. The number of anilines is 1. The van der Waals surface area contributed by atoms with Gasteiger partial charge in [-0.15, -0.1) is 0 Å². The van der Waals surface area contributed by atoms with Crippen molar-refractivity contribution >= 4 is 17.7 Å². The molecule has 2 aromatic rings. The van der Waals surface area contributed by atoms with Crippen molar-refractivity contribution < 1.29 is 31.9 Å². The van der Waals surface area contributed by atoms with Crippen LogP contribution in [0.2, 0.25) is 0 Å². The summed E-state index contributed by atoms with van der Waals surface area (Å²) in [4.78, 5) is 28.9. The van der Waals surface area contributed by atoms with Gasteiger partial charge in [0, 0.05) is 37.4 Å². The number of nitrogens with zero attached hydrogens (tertiary/aromatic N) is 2. The molecule has 2 amide bonds. The fourth-order valence-corrected chi connectivity index (χ4v) is 4.89. The minimum atomic E-state index is -4.41. The first-order valence-electron chi connectivity index (χ1n) is 12.8. The Morgan fingerprint density at radius 3 is 2.47 bits per heavy atom. The first kappa shape index (κ1) is 27.9. The van der Waals surface area contributed by atoms with Gasteiger partial charge in [-0.2, -0.15) is 13.2 Å². The smallest absolute Gasteiger partial charge is 0.416 e. The molecule has 0 bridgehead atoms. The molecule has 10 heteroatoms. The van der Waals surface area contributed by atoms with E-state index in [0.29, 0.717) is 43.6 Å². The number of piperidine rings is 1. The summed E-state index contributed by atoms with van der Waals surface area (Å²) in [5.74, 6) is -0.930. The van der Waals surface area contributed by atoms with Crippen molar-refractivity contribution in [2.75, 3.05) is 18.4 Å². The Morgan fingerprint density at radius 1 is 1.03 bits per heavy atom. The molecule has 38 heavy (non-hydrogen) atoms. The third-order valence-corrected chi connectivity index (χ3v) is 6.77. The Kier molecular flexibility index (Phi) is 8.01. The van der Waals surface area contributed by atoms with Crippen LogP contribution in [-0.2, 0) is 35.2 Å². The number of benzene rings is 2. The summed E-state index contributed by atoms with van der Waals surface area (Å²) in [6.07, 6.45) is -2.34. The lowest BCUT2D eigenvalue weighted by Crippen LogP contribution is -2.51. The van der Waals surface area contributed by atoms with E-state index < -0.39 is 41.2 Å². The molecule has 2 heterocycles. The normalized spacial score (nSPS) is 18.6. The molecular formula is C28H33F4N3O3. The Morgan fingerprint density at radius 2 is 1.79 bits per heavy atom. The van der Waals surface area contributed by atoms with Gasteiger partial charge in [0.1, 0.15) is 17.5 Å². The first-order chi connectivity index (χ1) is 17.8. The van der Waals surface area contributed by atoms with E-state index in [9.17, 15) is 27.2 Å². The van der Waals surface area contributed by atoms with Gasteiger partial charge in [0.2, 0.25) is 5.91 Å². The molecule has 1 saturated heterocycles. The van der Waals surface area contributed by atoms with Crippen molar-refractivity contribution in [1.29, 1.82) is 0 Å². The van der Waals surface area contributed by atoms with E-state index in [1.54, 1.807) is 32.9 Å². The molecule has 1 atom stereocenters. The highest BCUT2D eigenvalue weighted by Crippen LogP contribution is 2.32. The van der Waals surface area contributed by atoms with E-state index in [0.717, 1.165) is 24.5 Å². The second kappa shape index (κ2) is 10.9. The van der Waals surface area contributed by atoms with Gasteiger partial charge in [-0.3, -0.25) is 14.6 Å². The summed E-state index contributed by atoms with van der Waals surface area (Å²) in [6.45, 7) is 6.80. The molecule has 0 spiro atoms. The molecule has 0 saturated carbocycles. The SMILES string of the molecule is CC(C)(C)OC(=O)N1CCCC[C@@H]1C(=O)Nc1ccc(CN2CCc3ccc(C(F)(F)F)cc3C2)c(F)c1. The summed E-state index contributed by atoms with van der Waals surface area (Å²) < 4.78 is 59.8. The van der Waals surface area contributed by atoms with Crippen molar-refractivity contribution in [3.8, 4) is 0 Å². The zero-order valence-corrected chi connectivity index (χ0v) is 21.8. The Hall–Kier alpha value is -3.14. The molecule has 2 aliphatic rings. The lowest BCUT2D eigenvalue weighted by molar-refractivity contribution is -0.137. The van der Waals surface area contributed by atoms with Gasteiger partial charge in [0.05, 0.1) is 5.56 Å². The number of carbonyl (C=O) groups is 2. The molecule has 2 aromatic carbocycles. The summed E-state index contributed by atoms with van der Waals surface area (Å²) >= 11 is 0. The third-order valence-electron chi connectivity index (χ3n) is 6.77. The number of carbonyl (C=O) groups excluding carboxylic acids is 2. The van der Waals surface area contributed by atoms with Crippen molar-refractivity contribution in [3.63, 3.8) is 0 Å². The Bertz CT molecular complexity index is 1190. The van der Waals surface area contributed by atoms with E-state index in [1.807, 2.05) is 4.90 Å². The van der Waals surface area contributed by atoms with Gasteiger partial charge < -0.3 is 10.1 Å². The second-order valence-corrected chi connectivity index (χ2v) is 10.9. The lowest BCUT2D eigenvalue weighted by Gasteiger charge is -2.35. The lowest BCUT2D eigenvalue weighted by atomic mass is 9.96. The second-order valence-electron chi connectivity index (χ2n) is 10.9. The number of ether oxygens (including phenoxy) is 1. The van der Waals surface area contributed by atoms with Crippen LogP contribution in [0.5, 0.6) is 0 Å². The van der Waals surface area contributed by atoms with Crippen molar-refractivity contribution in [2.45, 2.75) is 77.4 Å². The molecule has 206 valence electrons. The van der Waals surface area contributed by atoms with E-state index in [4.69, 9.17) is 4.74 Å². The zero-order valence-electron chi connectivity index (χ0n) is 21.8. The molecular weight excluding hydrogens is 502 g/mol. The van der Waals surface area contributed by atoms with Crippen molar-refractivity contribution in [2.24, 2.45) is 0 Å². The summed E-state index contributed by atoms with van der Waals surface area (Å²) in [6, 6.07) is 7.47. The van der Waals surface area contributed by atoms with Gasteiger partial charge in [0.15, 0.2) is 0 Å². The minimum Gasteiger partial charge on any atom is -0.444 e. The number of amides is 2. The van der Waals surface area contributed by atoms with Crippen LogP contribution in [0.3, 0.4) is 0 Å². The molecule has 0 aromatic heterocycles. The summed E-state index contributed by atoms with van der Waals surface area (Å²) in [7, 11) is 0. The molecule has 1 N–H and O–H groups in total. The van der Waals surface area contributed by atoms with Crippen LogP contribution >= 0.6 is 0 Å². The van der Waals surface area contributed by atoms with E-state index in [-0.39, 0.29) is 12.2 Å². The van der Waals surface area contributed by atoms with E-state index in [2.05, 4.69) is 5.32 Å². The van der Waals surface area contributed by atoms with Gasteiger partial charge in [0.25, 0.3) is 0 Å². The first-order valence-corrected chi connectivity index (χ1v) is 12.8. The number of nitrogens with one attached hydrogen (secondary N) is 1. The maximum Gasteiger partial charge on any atom is 0.416 e. The predicted octanol–water partition coefficient (Wildman–Crippen LogP) is 6.13. The highest BCUT2D eigenvalue weighted by Gasteiger charge is 2.35. The van der Waals surface area contributed by atoms with Crippen LogP contribution < -0.4 is 5.32 Å². The van der Waals surface area contributed by atoms with Crippen LogP contribution in [-0.4, -0.2) is 46.5 Å². The van der Waals surface area contributed by atoms with Gasteiger partial charge in [-0.1, -0.05) is 12.1 Å². The monoisotopic (exact) mass is 535 g/mol. The summed E-state index contributed by atoms with van der Waals surface area (Å²) in [5, 5.41) is 2.72. The number of hydrogen-bond donors (Lipinski definition) is 1. The fourth-order valence-electron chi connectivity index (χ4n) is 4.89. The van der Waals surface area contributed by atoms with Crippen LogP contribution in [0.15, 0.2) is 36.4 Å². The average molecular weight is 536 g/mol. The number of fused-ring (bicyclic) bond motifs is 1. The van der Waals surface area contributed by atoms with Crippen molar-refractivity contribution in [1.82, 2.24) is 9.80 Å². The zero-order chi connectivity index (χ0) is 27.7. The average Bonchev–Trinajstić information content (AvgIpc) is 2.83. The molecule has 1 fully saturated rings. The molecule has 2 aliphatic heterocycles. The fraction of sp³-hybridized carbons (Fsp3) is 0.500. The molecule has 0 radical (unpaired) electrons. The molecule has 6 nitrogen and oxygen atoms in total. The molecule has 0 unspecified atom stereocenters. The Labute approximate surface area is 219 Å². The van der Waals surface area contributed by atoms with Gasteiger partial charge >= 0.3 is 12.3 Å². The number of likely N-dealkylation sites (tertiary alicyclic amines) is 1. The van der Waals surface area contributed by atoms with Crippen LogP contribution in [0.4, 0.5) is 28.0 Å². The van der Waals surface area contributed by atoms with Crippen LogP contribution in [0, 0.1) is 5.82 Å². The largest absolute Gasteiger partial charge is 0.444 e. The van der Waals surface area contributed by atoms with Gasteiger partial charge in [-0.05, 0) is 81.8 Å². The van der Waals surface area contributed by atoms with Crippen molar-refractivity contribution in [3.05, 3.63) is 64.5 Å². The number of hydrogen-bond acceptors (Lipinski definition) is 4. The topological polar surface area (TPSA) is 61.9 Å². The maximum atomic E-state index is 15.0. The number of halogens is 4. The number of alkyl halides is 3. The molecule has 4 rings (SSSR count). The highest BCUT2D eigenvalue weighted by molar-refractivity contribution is 5.96. The highest BCUT2D eigenvalue weighted by atomic mass is 19.4. The summed E-state index contributed by atoms with van der Waals surface area (Å²) in [5.41, 5.74) is 0.739. The maximum absolute atomic E-state index is 15.0. The minimum absolute atomic E-state index is 0.227. The standard InChI is InChI=1S/C28H33F4N3O3/c1-27(2,3)38-26(37)35-12-5-4-6-24(35)25(36)33-22-10-8-19(23(29)15-22)16-34-13-11-18-7-9-21(28(30,31)32)14-20(18)17-34/h7-10,14-15,24H,4-6,11-13,16-17H2,1-3H3,(H,33,36)/t24-/m1/s1. The number of rotatable bonds is 4. The van der Waals surface area contributed by atoms with E-state index >= 15 is 0 Å². The Balaban J connectivity index is 1.40.